The first-order chi connectivity index (χ1) is 14.0. The Bertz CT molecular complexity index is 758. The summed E-state index contributed by atoms with van der Waals surface area (Å²) >= 11 is 4.93. The van der Waals surface area contributed by atoms with E-state index >= 15 is 0 Å². The maximum absolute atomic E-state index is 7.62. The third-order valence-electron chi connectivity index (χ3n) is 4.44. The van der Waals surface area contributed by atoms with E-state index in [-0.39, 0.29) is 1.43 Å². The Morgan fingerprint density at radius 3 is 2.41 bits per heavy atom. The van der Waals surface area contributed by atoms with E-state index in [2.05, 4.69) is 23.0 Å². The number of hydrogen-bond acceptors (Lipinski definition) is 5. The van der Waals surface area contributed by atoms with E-state index in [1.54, 1.807) is 12.3 Å². The number of nitrogens with two attached hydrogens (primary N) is 1. The van der Waals surface area contributed by atoms with E-state index in [9.17, 15) is 0 Å². The Hall–Kier alpha value is -2.67. The van der Waals surface area contributed by atoms with Crippen LogP contribution in [0.2, 0.25) is 0 Å². The fourth-order valence-corrected chi connectivity index (χ4v) is 3.11. The standard InChI is InChI=1S/C11H17N3S.C9H10N2O.C2H6.H2/c1-3-5-10(4-2)13-6-8-14(9-7-13)11(12)15;1-6-2-4-11-8-7(10)3-5-12-9(6)8;1-2;/h3-5H,1-2,6-9H2,(H2,12,15);2,4,10H,3,5H2,1H3;1-2H3;1H/b10-5+;;;. The fraction of sp³-hybridized carbons (Fsp3) is 0.409. The second-order valence-electron chi connectivity index (χ2n) is 6.23. The molecule has 0 bridgehead atoms. The molecule has 0 aliphatic carbocycles. The minimum absolute atomic E-state index is 0. The first-order valence-electron chi connectivity index (χ1n) is 9.88. The number of rotatable bonds is 3. The van der Waals surface area contributed by atoms with Crippen molar-refractivity contribution in [3.8, 4) is 5.75 Å². The van der Waals surface area contributed by atoms with Crippen LogP contribution in [0.3, 0.4) is 0 Å². The van der Waals surface area contributed by atoms with Crippen LogP contribution in [-0.2, 0) is 0 Å². The van der Waals surface area contributed by atoms with Crippen molar-refractivity contribution in [2.45, 2.75) is 27.2 Å². The molecule has 7 heteroatoms. The van der Waals surface area contributed by atoms with Crippen LogP contribution in [0.1, 0.15) is 33.0 Å². The first kappa shape index (κ1) is 24.4. The van der Waals surface area contributed by atoms with E-state index in [0.717, 1.165) is 43.2 Å². The molecule has 3 N–H and O–H groups in total. The van der Waals surface area contributed by atoms with Gasteiger partial charge in [0, 0.05) is 45.9 Å². The number of aromatic nitrogens is 1. The molecule has 160 valence electrons. The van der Waals surface area contributed by atoms with Gasteiger partial charge < -0.3 is 25.7 Å². The summed E-state index contributed by atoms with van der Waals surface area (Å²) in [7, 11) is 0. The molecule has 1 aromatic rings. The molecule has 0 atom stereocenters. The van der Waals surface area contributed by atoms with E-state index in [4.69, 9.17) is 28.1 Å². The summed E-state index contributed by atoms with van der Waals surface area (Å²) in [6, 6.07) is 1.90. The zero-order chi connectivity index (χ0) is 21.8. The summed E-state index contributed by atoms with van der Waals surface area (Å²) in [5.74, 6) is 0.786. The predicted octanol–water partition coefficient (Wildman–Crippen LogP) is 3.92. The Balaban J connectivity index is 0.000000510. The van der Waals surface area contributed by atoms with Gasteiger partial charge in [-0.05, 0) is 42.9 Å². The van der Waals surface area contributed by atoms with E-state index < -0.39 is 0 Å². The molecule has 0 unspecified atom stereocenters. The third-order valence-corrected chi connectivity index (χ3v) is 4.70. The highest BCUT2D eigenvalue weighted by Crippen LogP contribution is 2.25. The number of aryl methyl sites for hydroxylation is 1. The number of pyridine rings is 1. The van der Waals surface area contributed by atoms with Gasteiger partial charge in [-0.2, -0.15) is 0 Å². The molecular formula is C22H35N5OS. The van der Waals surface area contributed by atoms with Crippen LogP contribution < -0.4 is 10.5 Å². The lowest BCUT2D eigenvalue weighted by molar-refractivity contribution is 0.228. The number of piperazine rings is 1. The predicted molar refractivity (Wildman–Crippen MR) is 128 cm³/mol. The second kappa shape index (κ2) is 12.7. The van der Waals surface area contributed by atoms with Crippen molar-refractivity contribution in [2.24, 2.45) is 5.73 Å². The van der Waals surface area contributed by atoms with Gasteiger partial charge in [0.15, 0.2) is 5.11 Å². The molecular weight excluding hydrogens is 382 g/mol. The Labute approximate surface area is 181 Å². The molecule has 1 fully saturated rings. The number of hydrogen-bond donors (Lipinski definition) is 2. The van der Waals surface area contributed by atoms with Crippen LogP contribution in [0.15, 0.2) is 49.3 Å². The summed E-state index contributed by atoms with van der Waals surface area (Å²) in [4.78, 5) is 8.38. The lowest BCUT2D eigenvalue weighted by atomic mass is 10.1. The van der Waals surface area contributed by atoms with Crippen LogP contribution in [0.5, 0.6) is 5.75 Å². The highest BCUT2D eigenvalue weighted by atomic mass is 32.1. The Kier molecular flexibility index (Phi) is 10.7. The SMILES string of the molecule is C=C/C=C(\C=C)N1CCN(C(N)=S)CC1.CC.Cc1ccnc2c1OCCC2=N.[HH]. The van der Waals surface area contributed by atoms with Crippen molar-refractivity contribution in [3.63, 3.8) is 0 Å². The highest BCUT2D eigenvalue weighted by Gasteiger charge is 2.18. The highest BCUT2D eigenvalue weighted by molar-refractivity contribution is 7.80. The van der Waals surface area contributed by atoms with Crippen molar-refractivity contribution < 1.29 is 6.16 Å². The molecule has 2 aliphatic heterocycles. The maximum Gasteiger partial charge on any atom is 0.166 e. The zero-order valence-electron chi connectivity index (χ0n) is 17.8. The summed E-state index contributed by atoms with van der Waals surface area (Å²) < 4.78 is 5.42. The minimum Gasteiger partial charge on any atom is -0.491 e. The fourth-order valence-electron chi connectivity index (χ4n) is 2.92. The van der Waals surface area contributed by atoms with Crippen LogP contribution in [0.4, 0.5) is 0 Å². The smallest absolute Gasteiger partial charge is 0.166 e. The monoisotopic (exact) mass is 417 g/mol. The molecule has 0 saturated carbocycles. The average molecular weight is 418 g/mol. The largest absolute Gasteiger partial charge is 0.491 e. The van der Waals surface area contributed by atoms with Gasteiger partial charge >= 0.3 is 0 Å². The molecule has 6 nitrogen and oxygen atoms in total. The minimum atomic E-state index is 0. The van der Waals surface area contributed by atoms with E-state index in [0.29, 0.717) is 29.5 Å². The molecule has 3 rings (SSSR count). The van der Waals surface area contributed by atoms with Gasteiger partial charge in [-0.25, -0.2) is 0 Å². The van der Waals surface area contributed by atoms with Gasteiger partial charge in [0.1, 0.15) is 11.4 Å². The van der Waals surface area contributed by atoms with E-state index in [1.807, 2.05) is 43.9 Å². The van der Waals surface area contributed by atoms with Crippen LogP contribution in [0, 0.1) is 12.3 Å². The number of nitrogens with zero attached hydrogens (tertiary/aromatic N) is 3. The summed E-state index contributed by atoms with van der Waals surface area (Å²) in [6.07, 6.45) is 7.97. The molecule has 1 saturated heterocycles. The lowest BCUT2D eigenvalue weighted by Gasteiger charge is -2.36. The Morgan fingerprint density at radius 2 is 1.90 bits per heavy atom. The number of nitrogens with one attached hydrogen (secondary N) is 1. The first-order valence-corrected chi connectivity index (χ1v) is 10.3. The summed E-state index contributed by atoms with van der Waals surface area (Å²) in [5.41, 5.74) is 9.02. The number of fused-ring (bicyclic) bond motifs is 1. The maximum atomic E-state index is 7.62. The number of ether oxygens (including phenoxy) is 1. The lowest BCUT2D eigenvalue weighted by Crippen LogP contribution is -2.49. The summed E-state index contributed by atoms with van der Waals surface area (Å²) in [5, 5.41) is 8.11. The molecule has 0 radical (unpaired) electrons. The van der Waals surface area contributed by atoms with Gasteiger partial charge in [0.2, 0.25) is 0 Å². The zero-order valence-corrected chi connectivity index (χ0v) is 18.6. The van der Waals surface area contributed by atoms with Gasteiger partial charge in [-0.1, -0.05) is 33.1 Å². The van der Waals surface area contributed by atoms with Crippen molar-refractivity contribution in [1.29, 1.82) is 5.41 Å². The van der Waals surface area contributed by atoms with Gasteiger partial charge in [-0.15, -0.1) is 0 Å². The van der Waals surface area contributed by atoms with Crippen molar-refractivity contribution >= 4 is 23.0 Å². The summed E-state index contributed by atoms with van der Waals surface area (Å²) in [6.45, 7) is 17.6. The number of thiocarbonyl (C=S) groups is 1. The average Bonchev–Trinajstić information content (AvgIpc) is 2.75. The number of allylic oxidation sites excluding steroid dienone is 3. The molecule has 3 heterocycles. The molecule has 2 aliphatic rings. The molecule has 0 amide bonds. The Morgan fingerprint density at radius 1 is 1.28 bits per heavy atom. The van der Waals surface area contributed by atoms with E-state index in [1.165, 1.54) is 0 Å². The normalized spacial score (nSPS) is 15.6. The van der Waals surface area contributed by atoms with Gasteiger partial charge in [0.25, 0.3) is 0 Å². The molecule has 1 aromatic heterocycles. The van der Waals surface area contributed by atoms with Crippen LogP contribution >= 0.6 is 12.2 Å². The van der Waals surface area contributed by atoms with Crippen LogP contribution in [0.25, 0.3) is 0 Å². The van der Waals surface area contributed by atoms with Crippen LogP contribution in [-0.4, -0.2) is 58.4 Å². The molecule has 0 aromatic carbocycles. The quantitative estimate of drug-likeness (QED) is 0.573. The van der Waals surface area contributed by atoms with Crippen molar-refractivity contribution in [3.05, 3.63) is 60.6 Å². The van der Waals surface area contributed by atoms with Gasteiger partial charge in [0.05, 0.1) is 12.3 Å². The van der Waals surface area contributed by atoms with Crippen molar-refractivity contribution in [2.75, 3.05) is 32.8 Å². The molecule has 0 spiro atoms. The topological polar surface area (TPSA) is 78.5 Å². The third kappa shape index (κ3) is 7.02. The van der Waals surface area contributed by atoms with Gasteiger partial charge in [-0.3, -0.25) is 4.98 Å². The second-order valence-corrected chi connectivity index (χ2v) is 6.64. The van der Waals surface area contributed by atoms with Crippen molar-refractivity contribution in [1.82, 2.24) is 14.8 Å². The molecule has 29 heavy (non-hydrogen) atoms.